The summed E-state index contributed by atoms with van der Waals surface area (Å²) in [6, 6.07) is 2.69. The number of hydrogen-bond donors (Lipinski definition) is 2. The fourth-order valence-electron chi connectivity index (χ4n) is 1.74. The molecule has 0 aliphatic rings. The Labute approximate surface area is 128 Å². The molecule has 0 unspecified atom stereocenters. The number of ether oxygens (including phenoxy) is 1. The van der Waals surface area contributed by atoms with Crippen molar-refractivity contribution in [2.45, 2.75) is 30.9 Å². The van der Waals surface area contributed by atoms with Crippen LogP contribution in [-0.4, -0.2) is 32.8 Å². The van der Waals surface area contributed by atoms with Gasteiger partial charge >= 0.3 is 0 Å². The highest BCUT2D eigenvalue weighted by atomic mass is 35.5. The molecule has 1 rings (SSSR count). The number of rotatable bonds is 6. The molecule has 0 aromatic heterocycles. The molecule has 0 heterocycles. The van der Waals surface area contributed by atoms with E-state index in [1.807, 2.05) is 0 Å². The van der Waals surface area contributed by atoms with E-state index in [0.717, 1.165) is 0 Å². The largest absolute Gasteiger partial charge is 0.392 e. The van der Waals surface area contributed by atoms with Crippen LogP contribution in [0.1, 0.15) is 19.4 Å². The minimum absolute atomic E-state index is 0.0827. The SMILES string of the molecule is COCC(C)(C)NS(=O)(=O)c1ccc(Cl)c(CO)c1Cl. The summed E-state index contributed by atoms with van der Waals surface area (Å²) in [5.74, 6) is 0. The third-order valence-corrected chi connectivity index (χ3v) is 5.15. The van der Waals surface area contributed by atoms with Crippen LogP contribution in [0.4, 0.5) is 0 Å². The molecule has 0 atom stereocenters. The number of nitrogens with one attached hydrogen (secondary N) is 1. The van der Waals surface area contributed by atoms with Crippen molar-refractivity contribution in [1.82, 2.24) is 4.72 Å². The van der Waals surface area contributed by atoms with Gasteiger partial charge in [-0.15, -0.1) is 0 Å². The molecule has 0 saturated carbocycles. The van der Waals surface area contributed by atoms with Crippen molar-refractivity contribution in [2.75, 3.05) is 13.7 Å². The first-order valence-corrected chi connectivity index (χ1v) is 7.99. The van der Waals surface area contributed by atoms with Crippen LogP contribution in [0.5, 0.6) is 0 Å². The van der Waals surface area contributed by atoms with Crippen LogP contribution in [0.15, 0.2) is 17.0 Å². The molecule has 0 aliphatic heterocycles. The van der Waals surface area contributed by atoms with Gasteiger partial charge in [-0.1, -0.05) is 23.2 Å². The molecule has 8 heteroatoms. The summed E-state index contributed by atoms with van der Waals surface area (Å²) in [6.07, 6.45) is 0. The molecular formula is C12H17Cl2NO4S. The Morgan fingerprint density at radius 2 is 1.95 bits per heavy atom. The Bertz CT molecular complexity index is 587. The number of sulfonamides is 1. The second-order valence-electron chi connectivity index (χ2n) is 4.92. The van der Waals surface area contributed by atoms with E-state index in [1.54, 1.807) is 13.8 Å². The maximum atomic E-state index is 12.3. The lowest BCUT2D eigenvalue weighted by molar-refractivity contribution is 0.141. The van der Waals surface area contributed by atoms with Crippen molar-refractivity contribution < 1.29 is 18.3 Å². The lowest BCUT2D eigenvalue weighted by atomic mass is 10.1. The van der Waals surface area contributed by atoms with Crippen molar-refractivity contribution in [3.8, 4) is 0 Å². The van der Waals surface area contributed by atoms with Crippen LogP contribution in [-0.2, 0) is 21.4 Å². The van der Waals surface area contributed by atoms with E-state index in [1.165, 1.54) is 19.2 Å². The monoisotopic (exact) mass is 341 g/mol. The van der Waals surface area contributed by atoms with E-state index < -0.39 is 22.2 Å². The van der Waals surface area contributed by atoms with Gasteiger partial charge in [0, 0.05) is 17.7 Å². The highest BCUT2D eigenvalue weighted by molar-refractivity contribution is 7.89. The maximum Gasteiger partial charge on any atom is 0.242 e. The fourth-order valence-corrected chi connectivity index (χ4v) is 4.04. The summed E-state index contributed by atoms with van der Waals surface area (Å²) >= 11 is 11.9. The summed E-state index contributed by atoms with van der Waals surface area (Å²) in [6.45, 7) is 3.13. The van der Waals surface area contributed by atoms with Crippen LogP contribution >= 0.6 is 23.2 Å². The predicted octanol–water partition coefficient (Wildman–Crippen LogP) is 2.19. The molecule has 0 spiro atoms. The molecule has 0 saturated heterocycles. The minimum Gasteiger partial charge on any atom is -0.392 e. The molecule has 1 aromatic rings. The van der Waals surface area contributed by atoms with E-state index in [0.29, 0.717) is 0 Å². The molecule has 114 valence electrons. The van der Waals surface area contributed by atoms with Crippen molar-refractivity contribution in [2.24, 2.45) is 0 Å². The van der Waals surface area contributed by atoms with E-state index in [2.05, 4.69) is 4.72 Å². The fraction of sp³-hybridized carbons (Fsp3) is 0.500. The number of halogens is 2. The first-order chi connectivity index (χ1) is 9.14. The van der Waals surface area contributed by atoms with Gasteiger partial charge in [0.2, 0.25) is 10.0 Å². The summed E-state index contributed by atoms with van der Waals surface area (Å²) < 4.78 is 32.2. The van der Waals surface area contributed by atoms with Crippen LogP contribution in [0, 0.1) is 0 Å². The predicted molar refractivity (Wildman–Crippen MR) is 78.7 cm³/mol. The van der Waals surface area contributed by atoms with Gasteiger partial charge in [-0.25, -0.2) is 13.1 Å². The van der Waals surface area contributed by atoms with Gasteiger partial charge in [0.25, 0.3) is 0 Å². The van der Waals surface area contributed by atoms with Crippen molar-refractivity contribution in [3.63, 3.8) is 0 Å². The van der Waals surface area contributed by atoms with Crippen LogP contribution in [0.25, 0.3) is 0 Å². The standard InChI is InChI=1S/C12H17Cl2NO4S/c1-12(2,7-19-3)15-20(17,18)10-5-4-9(13)8(6-16)11(10)14/h4-5,15-16H,6-7H2,1-3H3. The topological polar surface area (TPSA) is 75.6 Å². The van der Waals surface area contributed by atoms with Crippen LogP contribution in [0.2, 0.25) is 10.0 Å². The van der Waals surface area contributed by atoms with Gasteiger partial charge < -0.3 is 9.84 Å². The van der Waals surface area contributed by atoms with Gasteiger partial charge in [0.15, 0.2) is 0 Å². The zero-order valence-corrected chi connectivity index (χ0v) is 13.7. The molecule has 1 aromatic carbocycles. The molecule has 2 N–H and O–H groups in total. The molecular weight excluding hydrogens is 325 g/mol. The Morgan fingerprint density at radius 3 is 2.45 bits per heavy atom. The van der Waals surface area contributed by atoms with E-state index in [4.69, 9.17) is 27.9 Å². The molecule has 0 bridgehead atoms. The first-order valence-electron chi connectivity index (χ1n) is 5.75. The van der Waals surface area contributed by atoms with Crippen molar-refractivity contribution in [3.05, 3.63) is 27.7 Å². The molecule has 20 heavy (non-hydrogen) atoms. The molecule has 0 radical (unpaired) electrons. The first kappa shape index (κ1) is 17.7. The lowest BCUT2D eigenvalue weighted by Crippen LogP contribution is -2.46. The average molecular weight is 342 g/mol. The Kier molecular flexibility index (Phi) is 5.83. The summed E-state index contributed by atoms with van der Waals surface area (Å²) in [7, 11) is -2.37. The Balaban J connectivity index is 3.24. The third-order valence-electron chi connectivity index (χ3n) is 2.51. The Hall–Kier alpha value is -0.370. The van der Waals surface area contributed by atoms with Gasteiger partial charge in [-0.05, 0) is 26.0 Å². The highest BCUT2D eigenvalue weighted by Gasteiger charge is 2.28. The van der Waals surface area contributed by atoms with E-state index >= 15 is 0 Å². The average Bonchev–Trinajstić information content (AvgIpc) is 2.27. The normalized spacial score (nSPS) is 12.7. The summed E-state index contributed by atoms with van der Waals surface area (Å²) in [5, 5.41) is 9.33. The second-order valence-corrected chi connectivity index (χ2v) is 7.35. The number of hydrogen-bond acceptors (Lipinski definition) is 4. The zero-order valence-electron chi connectivity index (χ0n) is 11.4. The number of aliphatic hydroxyl groups is 1. The molecule has 5 nitrogen and oxygen atoms in total. The van der Waals surface area contributed by atoms with Crippen molar-refractivity contribution >= 4 is 33.2 Å². The smallest absolute Gasteiger partial charge is 0.242 e. The zero-order chi connectivity index (χ0) is 15.6. The quantitative estimate of drug-likeness (QED) is 0.831. The molecule has 0 amide bonds. The number of methoxy groups -OCH3 is 1. The maximum absolute atomic E-state index is 12.3. The summed E-state index contributed by atoms with van der Waals surface area (Å²) in [5.41, 5.74) is -0.614. The minimum atomic E-state index is -3.85. The molecule has 0 aliphatic carbocycles. The van der Waals surface area contributed by atoms with E-state index in [-0.39, 0.29) is 27.1 Å². The Morgan fingerprint density at radius 1 is 1.35 bits per heavy atom. The van der Waals surface area contributed by atoms with Gasteiger partial charge in [0.1, 0.15) is 4.90 Å². The van der Waals surface area contributed by atoms with Gasteiger partial charge in [-0.3, -0.25) is 0 Å². The highest BCUT2D eigenvalue weighted by Crippen LogP contribution is 2.31. The number of aliphatic hydroxyl groups excluding tert-OH is 1. The second kappa shape index (κ2) is 6.60. The van der Waals surface area contributed by atoms with Crippen LogP contribution in [0.3, 0.4) is 0 Å². The van der Waals surface area contributed by atoms with Gasteiger partial charge in [0.05, 0.1) is 23.8 Å². The summed E-state index contributed by atoms with van der Waals surface area (Å²) in [4.78, 5) is -0.128. The van der Waals surface area contributed by atoms with Gasteiger partial charge in [-0.2, -0.15) is 0 Å². The number of benzene rings is 1. The lowest BCUT2D eigenvalue weighted by Gasteiger charge is -2.25. The van der Waals surface area contributed by atoms with Crippen LogP contribution < -0.4 is 4.72 Å². The van der Waals surface area contributed by atoms with Crippen molar-refractivity contribution in [1.29, 1.82) is 0 Å². The van der Waals surface area contributed by atoms with E-state index in [9.17, 15) is 13.5 Å². The third kappa shape index (κ3) is 4.07. The molecule has 0 fully saturated rings.